The van der Waals surface area contributed by atoms with Crippen molar-refractivity contribution in [2.75, 3.05) is 0 Å². The molecule has 1 aromatic rings. The average molecular weight is 117 g/mol. The third-order valence-corrected chi connectivity index (χ3v) is 0.864. The molecule has 0 amide bonds. The molecule has 0 heterocycles. The summed E-state index contributed by atoms with van der Waals surface area (Å²) in [4.78, 5) is 0. The second-order valence-corrected chi connectivity index (χ2v) is 1.46. The summed E-state index contributed by atoms with van der Waals surface area (Å²) in [5.41, 5.74) is 0. The van der Waals surface area contributed by atoms with E-state index in [-0.39, 0.29) is 0 Å². The van der Waals surface area contributed by atoms with Crippen molar-refractivity contribution in [2.24, 2.45) is 0 Å². The second kappa shape index (κ2) is 2.78. The highest BCUT2D eigenvalue weighted by Gasteiger charge is 1.83. The zero-order valence-electron chi connectivity index (χ0n) is 4.79. The fraction of sp³-hybridized carbons (Fsp3) is 0. The third kappa shape index (κ3) is 1.50. The summed E-state index contributed by atoms with van der Waals surface area (Å²) in [6.45, 7) is 0. The molecule has 0 unspecified atom stereocenters. The quantitative estimate of drug-likeness (QED) is 0.506. The largest absolute Gasteiger partial charge is 0.408 e. The molecule has 0 aliphatic carbocycles. The highest BCUT2D eigenvalue weighted by molar-refractivity contribution is 5.21. The Morgan fingerprint density at radius 3 is 2.67 bits per heavy atom. The Bertz CT molecular complexity index is 208. The molecule has 1 heteroatoms. The highest BCUT2D eigenvalue weighted by Crippen LogP contribution is 2.05. The second-order valence-electron chi connectivity index (χ2n) is 1.46. The number of hydrogen-bond acceptors (Lipinski definition) is 1. The summed E-state index contributed by atoms with van der Waals surface area (Å²) >= 11 is 0. The van der Waals surface area contributed by atoms with Crippen molar-refractivity contribution < 1.29 is 4.74 Å². The average Bonchev–Trinajstić information content (AvgIpc) is 1.91. The van der Waals surface area contributed by atoms with Gasteiger partial charge in [0.2, 0.25) is 0 Å². The molecule has 0 aromatic heterocycles. The minimum atomic E-state index is 0.677. The van der Waals surface area contributed by atoms with E-state index in [2.05, 4.69) is 12.2 Å². The molecule has 0 aliphatic heterocycles. The van der Waals surface area contributed by atoms with Gasteiger partial charge in [0.25, 0.3) is 0 Å². The van der Waals surface area contributed by atoms with Crippen LogP contribution in [0.3, 0.4) is 0 Å². The Hall–Kier alpha value is -1.42. The van der Waals surface area contributed by atoms with E-state index in [1.54, 1.807) is 24.3 Å². The van der Waals surface area contributed by atoms with Gasteiger partial charge in [-0.3, -0.25) is 0 Å². The van der Waals surface area contributed by atoms with E-state index in [0.717, 1.165) is 0 Å². The van der Waals surface area contributed by atoms with E-state index in [1.807, 2.05) is 0 Å². The Labute approximate surface area is 54.3 Å². The molecular weight excluding hydrogens is 112 g/mol. The van der Waals surface area contributed by atoms with Crippen LogP contribution in [0.2, 0.25) is 0 Å². The summed E-state index contributed by atoms with van der Waals surface area (Å²) in [6.07, 6.45) is 6.95. The van der Waals surface area contributed by atoms with Crippen molar-refractivity contribution in [3.8, 4) is 18.3 Å². The van der Waals surface area contributed by atoms with E-state index in [0.29, 0.717) is 5.75 Å². The van der Waals surface area contributed by atoms with Crippen LogP contribution in [0.15, 0.2) is 24.3 Å². The van der Waals surface area contributed by atoms with Crippen LogP contribution in [0.25, 0.3) is 0 Å². The Balaban J connectivity index is 2.76. The maximum atomic E-state index is 4.88. The van der Waals surface area contributed by atoms with Crippen molar-refractivity contribution in [2.45, 2.75) is 0 Å². The van der Waals surface area contributed by atoms with Gasteiger partial charge in [0.05, 0.1) is 0 Å². The molecule has 0 bridgehead atoms. The summed E-state index contributed by atoms with van der Waals surface area (Å²) in [6, 6.07) is 9.83. The predicted molar refractivity (Wildman–Crippen MR) is 34.7 cm³/mol. The van der Waals surface area contributed by atoms with E-state index in [1.165, 1.54) is 0 Å². The standard InChI is InChI=1S/C8H5O/c1-2-9-8-6-4-3-5-7-8/h1,4-7H. The maximum Gasteiger partial charge on any atom is 0.140 e. The fourth-order valence-electron chi connectivity index (χ4n) is 0.508. The summed E-state index contributed by atoms with van der Waals surface area (Å²) in [7, 11) is 0. The molecule has 1 nitrogen and oxygen atoms in total. The summed E-state index contributed by atoms with van der Waals surface area (Å²) < 4.78 is 4.71. The lowest BCUT2D eigenvalue weighted by atomic mass is 10.3. The minimum Gasteiger partial charge on any atom is -0.408 e. The van der Waals surface area contributed by atoms with Gasteiger partial charge in [-0.2, -0.15) is 0 Å². The normalized spacial score (nSPS) is 7.89. The van der Waals surface area contributed by atoms with Gasteiger partial charge in [0.1, 0.15) is 11.9 Å². The van der Waals surface area contributed by atoms with E-state index >= 15 is 0 Å². The van der Waals surface area contributed by atoms with Crippen molar-refractivity contribution in [1.29, 1.82) is 0 Å². The number of hydrogen-bond donors (Lipinski definition) is 0. The van der Waals surface area contributed by atoms with Crippen molar-refractivity contribution in [3.05, 3.63) is 30.3 Å². The predicted octanol–water partition coefficient (Wildman–Crippen LogP) is 1.46. The lowest BCUT2D eigenvalue weighted by molar-refractivity contribution is 0.521. The van der Waals surface area contributed by atoms with Gasteiger partial charge in [-0.05, 0) is 18.2 Å². The van der Waals surface area contributed by atoms with Crippen LogP contribution in [0, 0.1) is 18.6 Å². The molecule has 0 spiro atoms. The van der Waals surface area contributed by atoms with Gasteiger partial charge in [0, 0.05) is 0 Å². The molecular formula is C8H5O. The zero-order valence-corrected chi connectivity index (χ0v) is 4.79. The van der Waals surface area contributed by atoms with E-state index in [4.69, 9.17) is 11.2 Å². The van der Waals surface area contributed by atoms with Crippen molar-refractivity contribution in [3.63, 3.8) is 0 Å². The van der Waals surface area contributed by atoms with Gasteiger partial charge in [0.15, 0.2) is 0 Å². The molecule has 1 aromatic carbocycles. The number of rotatable bonds is 1. The van der Waals surface area contributed by atoms with Crippen LogP contribution in [0.4, 0.5) is 0 Å². The van der Waals surface area contributed by atoms with E-state index < -0.39 is 0 Å². The van der Waals surface area contributed by atoms with Crippen LogP contribution in [0.1, 0.15) is 0 Å². The summed E-state index contributed by atoms with van der Waals surface area (Å²) in [5, 5.41) is 0. The van der Waals surface area contributed by atoms with Crippen molar-refractivity contribution in [1.82, 2.24) is 0 Å². The Morgan fingerprint density at radius 2 is 2.11 bits per heavy atom. The monoisotopic (exact) mass is 117 g/mol. The molecule has 0 atom stereocenters. The maximum absolute atomic E-state index is 4.88. The van der Waals surface area contributed by atoms with Gasteiger partial charge in [-0.1, -0.05) is 18.6 Å². The first kappa shape index (κ1) is 5.71. The van der Waals surface area contributed by atoms with Crippen LogP contribution < -0.4 is 4.74 Å². The molecule has 43 valence electrons. The van der Waals surface area contributed by atoms with Crippen LogP contribution in [-0.2, 0) is 0 Å². The molecule has 1 radical (unpaired) electrons. The molecule has 0 aliphatic rings. The third-order valence-electron chi connectivity index (χ3n) is 0.864. The molecule has 0 N–H and O–H groups in total. The molecule has 9 heavy (non-hydrogen) atoms. The first-order valence-electron chi connectivity index (χ1n) is 2.52. The smallest absolute Gasteiger partial charge is 0.140 e. The topological polar surface area (TPSA) is 9.23 Å². The van der Waals surface area contributed by atoms with Gasteiger partial charge < -0.3 is 4.74 Å². The number of ether oxygens (including phenoxy) is 1. The lowest BCUT2D eigenvalue weighted by Gasteiger charge is -1.91. The highest BCUT2D eigenvalue weighted by atomic mass is 16.5. The first-order chi connectivity index (χ1) is 4.43. The zero-order chi connectivity index (χ0) is 6.53. The number of terminal acetylenes is 1. The van der Waals surface area contributed by atoms with Crippen molar-refractivity contribution >= 4 is 0 Å². The Kier molecular flexibility index (Phi) is 1.77. The van der Waals surface area contributed by atoms with Gasteiger partial charge in [-0.15, -0.1) is 0 Å². The van der Waals surface area contributed by atoms with Crippen LogP contribution in [-0.4, -0.2) is 0 Å². The molecule has 0 saturated heterocycles. The van der Waals surface area contributed by atoms with Gasteiger partial charge in [-0.25, -0.2) is 0 Å². The lowest BCUT2D eigenvalue weighted by Crippen LogP contribution is -1.78. The van der Waals surface area contributed by atoms with Crippen LogP contribution >= 0.6 is 0 Å². The van der Waals surface area contributed by atoms with E-state index in [9.17, 15) is 0 Å². The van der Waals surface area contributed by atoms with Crippen LogP contribution in [0.5, 0.6) is 5.75 Å². The Morgan fingerprint density at radius 1 is 1.44 bits per heavy atom. The first-order valence-corrected chi connectivity index (χ1v) is 2.52. The van der Waals surface area contributed by atoms with Gasteiger partial charge >= 0.3 is 0 Å². The summed E-state index contributed by atoms with van der Waals surface area (Å²) in [5.74, 6) is 0.677. The fourth-order valence-corrected chi connectivity index (χ4v) is 0.508. The minimum absolute atomic E-state index is 0.677. The molecule has 1 rings (SSSR count). The molecule has 0 saturated carbocycles. The molecule has 0 fully saturated rings. The number of benzene rings is 1. The SMILES string of the molecule is C#COc1cc[c]cc1.